The number of hydrogen-bond donors (Lipinski definition) is 1. The van der Waals surface area contributed by atoms with Crippen LogP contribution in [0.2, 0.25) is 0 Å². The van der Waals surface area contributed by atoms with Gasteiger partial charge in [-0.25, -0.2) is 4.39 Å². The van der Waals surface area contributed by atoms with Gasteiger partial charge in [-0.2, -0.15) is 0 Å². The molecule has 0 aliphatic heterocycles. The molecular formula is C18H20FN. The van der Waals surface area contributed by atoms with Crippen molar-refractivity contribution in [1.82, 2.24) is 5.32 Å². The van der Waals surface area contributed by atoms with Gasteiger partial charge < -0.3 is 5.32 Å². The number of halogens is 1. The Morgan fingerprint density at radius 1 is 1.05 bits per heavy atom. The van der Waals surface area contributed by atoms with Crippen LogP contribution < -0.4 is 5.32 Å². The van der Waals surface area contributed by atoms with Crippen molar-refractivity contribution in [3.05, 3.63) is 58.9 Å². The SMILES string of the molecule is Cc1ccc(-c2ccc(CNC3CC3)cc2F)cc1C. The zero-order valence-corrected chi connectivity index (χ0v) is 12.0. The second-order valence-corrected chi connectivity index (χ2v) is 5.77. The van der Waals surface area contributed by atoms with Crippen LogP contribution in [-0.4, -0.2) is 6.04 Å². The topological polar surface area (TPSA) is 12.0 Å². The van der Waals surface area contributed by atoms with Crippen molar-refractivity contribution in [3.63, 3.8) is 0 Å². The van der Waals surface area contributed by atoms with Gasteiger partial charge in [0.25, 0.3) is 0 Å². The predicted molar refractivity (Wildman–Crippen MR) is 81.2 cm³/mol. The second-order valence-electron chi connectivity index (χ2n) is 5.77. The number of aryl methyl sites for hydroxylation is 2. The highest BCUT2D eigenvalue weighted by molar-refractivity contribution is 5.65. The lowest BCUT2D eigenvalue weighted by atomic mass is 9.99. The van der Waals surface area contributed by atoms with E-state index in [-0.39, 0.29) is 5.82 Å². The van der Waals surface area contributed by atoms with Gasteiger partial charge in [-0.05, 0) is 55.0 Å². The molecule has 2 heteroatoms. The fourth-order valence-corrected chi connectivity index (χ4v) is 2.36. The van der Waals surface area contributed by atoms with Crippen LogP contribution in [0.3, 0.4) is 0 Å². The van der Waals surface area contributed by atoms with Gasteiger partial charge in [0.1, 0.15) is 5.82 Å². The monoisotopic (exact) mass is 269 g/mol. The molecule has 0 atom stereocenters. The van der Waals surface area contributed by atoms with Crippen molar-refractivity contribution in [2.75, 3.05) is 0 Å². The Labute approximate surface area is 119 Å². The normalized spacial score (nSPS) is 14.6. The average molecular weight is 269 g/mol. The van der Waals surface area contributed by atoms with Crippen LogP contribution in [0.1, 0.15) is 29.5 Å². The predicted octanol–water partition coefficient (Wildman–Crippen LogP) is 4.36. The molecule has 0 saturated heterocycles. The summed E-state index contributed by atoms with van der Waals surface area (Å²) >= 11 is 0. The van der Waals surface area contributed by atoms with Crippen LogP contribution in [0.5, 0.6) is 0 Å². The van der Waals surface area contributed by atoms with E-state index in [9.17, 15) is 4.39 Å². The second kappa shape index (κ2) is 5.37. The smallest absolute Gasteiger partial charge is 0.131 e. The van der Waals surface area contributed by atoms with E-state index in [0.717, 1.165) is 17.7 Å². The minimum atomic E-state index is -0.136. The fourth-order valence-electron chi connectivity index (χ4n) is 2.36. The largest absolute Gasteiger partial charge is 0.310 e. The first kappa shape index (κ1) is 13.3. The van der Waals surface area contributed by atoms with E-state index in [1.807, 2.05) is 24.3 Å². The molecule has 2 aromatic carbocycles. The minimum absolute atomic E-state index is 0.136. The van der Waals surface area contributed by atoms with Gasteiger partial charge in [0.05, 0.1) is 0 Å². The van der Waals surface area contributed by atoms with E-state index in [4.69, 9.17) is 0 Å². The molecule has 1 saturated carbocycles. The van der Waals surface area contributed by atoms with Crippen LogP contribution in [0, 0.1) is 19.7 Å². The number of benzene rings is 2. The summed E-state index contributed by atoms with van der Waals surface area (Å²) in [5.41, 5.74) is 5.08. The molecule has 0 unspecified atom stereocenters. The van der Waals surface area contributed by atoms with Gasteiger partial charge in [-0.15, -0.1) is 0 Å². The first-order chi connectivity index (χ1) is 9.63. The first-order valence-corrected chi connectivity index (χ1v) is 7.23. The highest BCUT2D eigenvalue weighted by Gasteiger charge is 2.20. The van der Waals surface area contributed by atoms with Crippen molar-refractivity contribution in [2.24, 2.45) is 0 Å². The van der Waals surface area contributed by atoms with Crippen LogP contribution in [0.4, 0.5) is 4.39 Å². The van der Waals surface area contributed by atoms with Crippen molar-refractivity contribution in [1.29, 1.82) is 0 Å². The van der Waals surface area contributed by atoms with E-state index in [1.54, 1.807) is 6.07 Å². The van der Waals surface area contributed by atoms with Crippen LogP contribution >= 0.6 is 0 Å². The van der Waals surface area contributed by atoms with E-state index in [0.29, 0.717) is 11.6 Å². The molecule has 104 valence electrons. The zero-order valence-electron chi connectivity index (χ0n) is 12.0. The molecule has 0 radical (unpaired) electrons. The summed E-state index contributed by atoms with van der Waals surface area (Å²) in [7, 11) is 0. The Kier molecular flexibility index (Phi) is 3.58. The summed E-state index contributed by atoms with van der Waals surface area (Å²) in [5, 5.41) is 3.41. The molecule has 0 spiro atoms. The van der Waals surface area contributed by atoms with Crippen molar-refractivity contribution < 1.29 is 4.39 Å². The van der Waals surface area contributed by atoms with Gasteiger partial charge in [-0.3, -0.25) is 0 Å². The summed E-state index contributed by atoms with van der Waals surface area (Å²) in [4.78, 5) is 0. The molecule has 1 N–H and O–H groups in total. The van der Waals surface area contributed by atoms with E-state index < -0.39 is 0 Å². The third-order valence-electron chi connectivity index (χ3n) is 4.02. The van der Waals surface area contributed by atoms with Crippen molar-refractivity contribution in [3.8, 4) is 11.1 Å². The lowest BCUT2D eigenvalue weighted by Crippen LogP contribution is -2.15. The molecule has 20 heavy (non-hydrogen) atoms. The Balaban J connectivity index is 1.83. The number of nitrogens with one attached hydrogen (secondary N) is 1. The molecule has 0 amide bonds. The summed E-state index contributed by atoms with van der Waals surface area (Å²) in [5.74, 6) is -0.136. The molecule has 2 aromatic rings. The van der Waals surface area contributed by atoms with E-state index in [1.165, 1.54) is 24.0 Å². The molecule has 0 heterocycles. The van der Waals surface area contributed by atoms with Crippen LogP contribution in [0.15, 0.2) is 36.4 Å². The lowest BCUT2D eigenvalue weighted by Gasteiger charge is -2.09. The molecular weight excluding hydrogens is 249 g/mol. The standard InChI is InChI=1S/C18H20FN/c1-12-3-5-15(9-13(12)2)17-8-4-14(10-18(17)19)11-20-16-6-7-16/h3-5,8-10,16,20H,6-7,11H2,1-2H3. The van der Waals surface area contributed by atoms with Gasteiger partial charge in [0, 0.05) is 18.2 Å². The van der Waals surface area contributed by atoms with Gasteiger partial charge in [0.15, 0.2) is 0 Å². The average Bonchev–Trinajstić information content (AvgIpc) is 3.24. The number of rotatable bonds is 4. The lowest BCUT2D eigenvalue weighted by molar-refractivity contribution is 0.623. The minimum Gasteiger partial charge on any atom is -0.310 e. The highest BCUT2D eigenvalue weighted by atomic mass is 19.1. The van der Waals surface area contributed by atoms with Gasteiger partial charge in [-0.1, -0.05) is 30.3 Å². The third kappa shape index (κ3) is 2.91. The Morgan fingerprint density at radius 2 is 1.85 bits per heavy atom. The maximum absolute atomic E-state index is 14.3. The zero-order chi connectivity index (χ0) is 14.1. The molecule has 1 nitrogen and oxygen atoms in total. The molecule has 1 aliphatic rings. The highest BCUT2D eigenvalue weighted by Crippen LogP contribution is 2.26. The maximum atomic E-state index is 14.3. The third-order valence-corrected chi connectivity index (χ3v) is 4.02. The Hall–Kier alpha value is -1.67. The van der Waals surface area contributed by atoms with Crippen molar-refractivity contribution in [2.45, 2.75) is 39.3 Å². The van der Waals surface area contributed by atoms with Crippen molar-refractivity contribution >= 4 is 0 Å². The van der Waals surface area contributed by atoms with Crippen LogP contribution in [-0.2, 0) is 6.54 Å². The summed E-state index contributed by atoms with van der Waals surface area (Å²) in [6, 6.07) is 12.3. The summed E-state index contributed by atoms with van der Waals surface area (Å²) in [6.45, 7) is 4.89. The molecule has 0 aromatic heterocycles. The first-order valence-electron chi connectivity index (χ1n) is 7.23. The summed E-state index contributed by atoms with van der Waals surface area (Å²) < 4.78 is 14.3. The molecule has 0 bridgehead atoms. The van der Waals surface area contributed by atoms with Crippen LogP contribution in [0.25, 0.3) is 11.1 Å². The summed E-state index contributed by atoms with van der Waals surface area (Å²) in [6.07, 6.45) is 2.51. The Morgan fingerprint density at radius 3 is 2.50 bits per heavy atom. The maximum Gasteiger partial charge on any atom is 0.131 e. The van der Waals surface area contributed by atoms with E-state index >= 15 is 0 Å². The molecule has 3 rings (SSSR count). The Bertz CT molecular complexity index is 629. The van der Waals surface area contributed by atoms with E-state index in [2.05, 4.69) is 25.2 Å². The quantitative estimate of drug-likeness (QED) is 0.869. The van der Waals surface area contributed by atoms with Gasteiger partial charge in [0.2, 0.25) is 0 Å². The number of hydrogen-bond acceptors (Lipinski definition) is 1. The molecule has 1 aliphatic carbocycles. The molecule has 1 fully saturated rings. The fraction of sp³-hybridized carbons (Fsp3) is 0.333. The van der Waals surface area contributed by atoms with Gasteiger partial charge >= 0.3 is 0 Å².